The molecule has 9 heteroatoms. The lowest BCUT2D eigenvalue weighted by atomic mass is 10.2. The first-order chi connectivity index (χ1) is 11.9. The van der Waals surface area contributed by atoms with Crippen LogP contribution in [0.25, 0.3) is 11.4 Å². The van der Waals surface area contributed by atoms with E-state index in [-0.39, 0.29) is 30.8 Å². The second-order valence-electron chi connectivity index (χ2n) is 5.81. The van der Waals surface area contributed by atoms with E-state index in [0.29, 0.717) is 12.2 Å². The minimum absolute atomic E-state index is 0.0443. The van der Waals surface area contributed by atoms with E-state index in [9.17, 15) is 18.3 Å². The van der Waals surface area contributed by atoms with Crippen molar-refractivity contribution >= 4 is 5.82 Å². The standard InChI is InChI=1S/C16H17F3N4O2/c1-10-9-25-12(8-24)7-23(10)14-5-13(16(17,18)19)21-15(22-14)11-3-2-4-20-6-11/h2-6,10,12,24H,7-9H2,1H3/t10-,12-/m1/s1. The van der Waals surface area contributed by atoms with Gasteiger partial charge in [-0.1, -0.05) is 0 Å². The van der Waals surface area contributed by atoms with Gasteiger partial charge >= 0.3 is 6.18 Å². The minimum atomic E-state index is -4.60. The average Bonchev–Trinajstić information content (AvgIpc) is 2.62. The summed E-state index contributed by atoms with van der Waals surface area (Å²) in [6.07, 6.45) is -2.13. The van der Waals surface area contributed by atoms with Crippen molar-refractivity contribution in [1.29, 1.82) is 0 Å². The largest absolute Gasteiger partial charge is 0.433 e. The summed E-state index contributed by atoms with van der Waals surface area (Å²) < 4.78 is 45.3. The van der Waals surface area contributed by atoms with E-state index in [1.807, 2.05) is 6.92 Å². The molecule has 1 N–H and O–H groups in total. The van der Waals surface area contributed by atoms with Crippen molar-refractivity contribution in [2.75, 3.05) is 24.7 Å². The average molecular weight is 354 g/mol. The molecule has 0 spiro atoms. The first-order valence-electron chi connectivity index (χ1n) is 7.74. The van der Waals surface area contributed by atoms with Gasteiger partial charge < -0.3 is 14.7 Å². The van der Waals surface area contributed by atoms with Crippen molar-refractivity contribution < 1.29 is 23.0 Å². The lowest BCUT2D eigenvalue weighted by Crippen LogP contribution is -2.50. The fourth-order valence-electron chi connectivity index (χ4n) is 2.60. The van der Waals surface area contributed by atoms with E-state index < -0.39 is 18.0 Å². The number of aliphatic hydroxyl groups is 1. The summed E-state index contributed by atoms with van der Waals surface area (Å²) in [5.74, 6) is 0.104. The van der Waals surface area contributed by atoms with Crippen molar-refractivity contribution in [1.82, 2.24) is 15.0 Å². The van der Waals surface area contributed by atoms with Crippen LogP contribution in [-0.4, -0.2) is 52.0 Å². The Hall–Kier alpha value is -2.26. The Kier molecular flexibility index (Phi) is 4.87. The number of ether oxygens (including phenoxy) is 1. The Labute approximate surface area is 142 Å². The van der Waals surface area contributed by atoms with Gasteiger partial charge in [-0.2, -0.15) is 13.2 Å². The van der Waals surface area contributed by atoms with E-state index >= 15 is 0 Å². The Morgan fingerprint density at radius 2 is 2.16 bits per heavy atom. The molecule has 2 aromatic rings. The fraction of sp³-hybridized carbons (Fsp3) is 0.438. The quantitative estimate of drug-likeness (QED) is 0.911. The van der Waals surface area contributed by atoms with E-state index in [1.54, 1.807) is 17.0 Å². The minimum Gasteiger partial charge on any atom is -0.394 e. The summed E-state index contributed by atoms with van der Waals surface area (Å²) in [5.41, 5.74) is -0.620. The van der Waals surface area contributed by atoms with Crippen LogP contribution in [0.4, 0.5) is 19.0 Å². The number of alkyl halides is 3. The summed E-state index contributed by atoms with van der Waals surface area (Å²) in [7, 11) is 0. The molecule has 0 aromatic carbocycles. The third-order valence-electron chi connectivity index (χ3n) is 3.93. The van der Waals surface area contributed by atoms with Gasteiger partial charge in [0, 0.05) is 30.6 Å². The van der Waals surface area contributed by atoms with Crippen molar-refractivity contribution in [3.8, 4) is 11.4 Å². The summed E-state index contributed by atoms with van der Waals surface area (Å²) in [6, 6.07) is 3.96. The van der Waals surface area contributed by atoms with Crippen molar-refractivity contribution in [3.05, 3.63) is 36.3 Å². The van der Waals surface area contributed by atoms with Crippen LogP contribution in [0.5, 0.6) is 0 Å². The van der Waals surface area contributed by atoms with E-state index in [2.05, 4.69) is 15.0 Å². The van der Waals surface area contributed by atoms with Crippen LogP contribution in [0, 0.1) is 0 Å². The third-order valence-corrected chi connectivity index (χ3v) is 3.93. The lowest BCUT2D eigenvalue weighted by molar-refractivity contribution is -0.141. The maximum Gasteiger partial charge on any atom is 0.433 e. The predicted molar refractivity (Wildman–Crippen MR) is 83.9 cm³/mol. The van der Waals surface area contributed by atoms with Gasteiger partial charge in [-0.3, -0.25) is 4.98 Å². The Bertz CT molecular complexity index is 727. The zero-order chi connectivity index (χ0) is 18.0. The second kappa shape index (κ2) is 6.93. The van der Waals surface area contributed by atoms with Crippen LogP contribution >= 0.6 is 0 Å². The molecule has 0 aliphatic carbocycles. The number of hydrogen-bond donors (Lipinski definition) is 1. The molecule has 1 fully saturated rings. The van der Waals surface area contributed by atoms with Gasteiger partial charge in [0.05, 0.1) is 25.4 Å². The van der Waals surface area contributed by atoms with E-state index in [1.165, 1.54) is 12.4 Å². The zero-order valence-corrected chi connectivity index (χ0v) is 13.4. The molecule has 0 unspecified atom stereocenters. The topological polar surface area (TPSA) is 71.4 Å². The van der Waals surface area contributed by atoms with Gasteiger partial charge in [0.25, 0.3) is 0 Å². The molecule has 1 saturated heterocycles. The number of aromatic nitrogens is 3. The van der Waals surface area contributed by atoms with Gasteiger partial charge in [0.15, 0.2) is 11.5 Å². The molecule has 2 atom stereocenters. The highest BCUT2D eigenvalue weighted by Crippen LogP contribution is 2.32. The number of nitrogens with zero attached hydrogens (tertiary/aromatic N) is 4. The molecule has 134 valence electrons. The molecule has 3 heterocycles. The van der Waals surface area contributed by atoms with E-state index in [4.69, 9.17) is 4.74 Å². The predicted octanol–water partition coefficient (Wildman–Crippen LogP) is 2.14. The smallest absolute Gasteiger partial charge is 0.394 e. The Morgan fingerprint density at radius 3 is 2.80 bits per heavy atom. The summed E-state index contributed by atoms with van der Waals surface area (Å²) in [5, 5.41) is 9.29. The third kappa shape index (κ3) is 3.88. The molecule has 25 heavy (non-hydrogen) atoms. The molecule has 0 radical (unpaired) electrons. The van der Waals surface area contributed by atoms with Gasteiger partial charge in [-0.25, -0.2) is 9.97 Å². The molecular formula is C16H17F3N4O2. The lowest BCUT2D eigenvalue weighted by Gasteiger charge is -2.38. The number of pyridine rings is 1. The molecule has 6 nitrogen and oxygen atoms in total. The van der Waals surface area contributed by atoms with E-state index in [0.717, 1.165) is 6.07 Å². The Morgan fingerprint density at radius 1 is 1.36 bits per heavy atom. The van der Waals surface area contributed by atoms with Crippen LogP contribution in [0.3, 0.4) is 0 Å². The number of anilines is 1. The SMILES string of the molecule is C[C@@H]1CO[C@@H](CO)CN1c1cc(C(F)(F)F)nc(-c2cccnc2)n1. The maximum absolute atomic E-state index is 13.3. The molecule has 0 saturated carbocycles. The highest BCUT2D eigenvalue weighted by atomic mass is 19.4. The summed E-state index contributed by atoms with van der Waals surface area (Å²) in [6.45, 7) is 2.15. The number of aliphatic hydroxyl groups excluding tert-OH is 1. The normalized spacial score (nSPS) is 21.4. The molecule has 0 amide bonds. The van der Waals surface area contributed by atoms with Gasteiger partial charge in [-0.05, 0) is 19.1 Å². The number of rotatable bonds is 3. The van der Waals surface area contributed by atoms with Crippen LogP contribution in [0.15, 0.2) is 30.6 Å². The summed E-state index contributed by atoms with van der Waals surface area (Å²) in [4.78, 5) is 13.6. The van der Waals surface area contributed by atoms with Crippen LogP contribution < -0.4 is 4.90 Å². The van der Waals surface area contributed by atoms with Crippen LogP contribution in [-0.2, 0) is 10.9 Å². The van der Waals surface area contributed by atoms with Crippen molar-refractivity contribution in [2.24, 2.45) is 0 Å². The van der Waals surface area contributed by atoms with Crippen LogP contribution in [0.2, 0.25) is 0 Å². The highest BCUT2D eigenvalue weighted by molar-refractivity contribution is 5.57. The number of hydrogen-bond acceptors (Lipinski definition) is 6. The molecule has 1 aliphatic heterocycles. The molecule has 3 rings (SSSR count). The second-order valence-corrected chi connectivity index (χ2v) is 5.81. The highest BCUT2D eigenvalue weighted by Gasteiger charge is 2.35. The maximum atomic E-state index is 13.3. The first-order valence-corrected chi connectivity index (χ1v) is 7.74. The Balaban J connectivity index is 2.06. The van der Waals surface area contributed by atoms with Crippen molar-refractivity contribution in [2.45, 2.75) is 25.2 Å². The van der Waals surface area contributed by atoms with Crippen LogP contribution in [0.1, 0.15) is 12.6 Å². The van der Waals surface area contributed by atoms with Gasteiger partial charge in [0.1, 0.15) is 5.82 Å². The molecule has 0 bridgehead atoms. The fourth-order valence-corrected chi connectivity index (χ4v) is 2.60. The molecule has 1 aliphatic rings. The number of halogens is 3. The molecule has 2 aromatic heterocycles. The summed E-state index contributed by atoms with van der Waals surface area (Å²) >= 11 is 0. The first kappa shape index (κ1) is 17.6. The van der Waals surface area contributed by atoms with Crippen molar-refractivity contribution in [3.63, 3.8) is 0 Å². The zero-order valence-electron chi connectivity index (χ0n) is 13.4. The molecular weight excluding hydrogens is 337 g/mol. The van der Waals surface area contributed by atoms with Gasteiger partial charge in [0.2, 0.25) is 0 Å². The monoisotopic (exact) mass is 354 g/mol. The number of morpholine rings is 1. The van der Waals surface area contributed by atoms with Gasteiger partial charge in [-0.15, -0.1) is 0 Å².